The summed E-state index contributed by atoms with van der Waals surface area (Å²) in [7, 11) is 0. The second-order valence-electron chi connectivity index (χ2n) is 8.09. The Kier molecular flexibility index (Phi) is 9.67. The van der Waals surface area contributed by atoms with Crippen molar-refractivity contribution >= 4 is 0 Å². The van der Waals surface area contributed by atoms with Crippen molar-refractivity contribution in [3.63, 3.8) is 0 Å². The summed E-state index contributed by atoms with van der Waals surface area (Å²) in [5.74, 6) is 0.706. The number of aliphatic hydroxyl groups is 1. The molecule has 158 valence electrons. The molecule has 0 aliphatic heterocycles. The summed E-state index contributed by atoms with van der Waals surface area (Å²) < 4.78 is 11.7. The van der Waals surface area contributed by atoms with E-state index in [4.69, 9.17) is 9.47 Å². The van der Waals surface area contributed by atoms with Gasteiger partial charge in [-0.1, -0.05) is 79.9 Å². The third-order valence-electron chi connectivity index (χ3n) is 5.67. The quantitative estimate of drug-likeness (QED) is 0.560. The first-order valence-electron chi connectivity index (χ1n) is 11.0. The standard InChI is InChI=1S/C25H35NO3/c27-25(20-29-18-23-14-8-3-9-15-23)24(26-16-21-10-4-1-5-11-21)19-28-17-22-12-6-2-7-13-22/h2-3,6-9,12-15,21,24-27H,1,4-5,10-11,16-20H2/t24-,25+/m1/s1. The van der Waals surface area contributed by atoms with Crippen LogP contribution in [-0.4, -0.2) is 37.0 Å². The van der Waals surface area contributed by atoms with Crippen LogP contribution in [0.3, 0.4) is 0 Å². The average molecular weight is 398 g/mol. The summed E-state index contributed by atoms with van der Waals surface area (Å²) in [6.45, 7) is 2.77. The molecule has 4 heteroatoms. The van der Waals surface area contributed by atoms with Crippen molar-refractivity contribution in [2.24, 2.45) is 5.92 Å². The lowest BCUT2D eigenvalue weighted by Gasteiger charge is -2.28. The van der Waals surface area contributed by atoms with Crippen molar-refractivity contribution in [2.45, 2.75) is 57.5 Å². The Hall–Kier alpha value is -1.72. The zero-order chi connectivity index (χ0) is 20.2. The van der Waals surface area contributed by atoms with Gasteiger partial charge in [0.15, 0.2) is 0 Å². The molecule has 0 amide bonds. The number of ether oxygens (including phenoxy) is 2. The minimum atomic E-state index is -0.599. The second kappa shape index (κ2) is 12.8. The molecule has 1 aliphatic rings. The third kappa shape index (κ3) is 8.27. The Morgan fingerprint density at radius 1 is 0.793 bits per heavy atom. The number of nitrogens with one attached hydrogen (secondary N) is 1. The maximum absolute atomic E-state index is 10.7. The molecular weight excluding hydrogens is 362 g/mol. The van der Waals surface area contributed by atoms with Crippen LogP contribution in [0.15, 0.2) is 60.7 Å². The molecule has 2 atom stereocenters. The maximum Gasteiger partial charge on any atom is 0.0948 e. The number of benzene rings is 2. The van der Waals surface area contributed by atoms with Crippen molar-refractivity contribution in [3.05, 3.63) is 71.8 Å². The fourth-order valence-electron chi connectivity index (χ4n) is 3.88. The van der Waals surface area contributed by atoms with Gasteiger partial charge in [-0.25, -0.2) is 0 Å². The van der Waals surface area contributed by atoms with Crippen LogP contribution in [0, 0.1) is 5.92 Å². The zero-order valence-corrected chi connectivity index (χ0v) is 17.3. The number of rotatable bonds is 12. The average Bonchev–Trinajstić information content (AvgIpc) is 2.78. The Morgan fingerprint density at radius 2 is 1.34 bits per heavy atom. The minimum absolute atomic E-state index is 0.128. The molecule has 3 rings (SSSR count). The highest BCUT2D eigenvalue weighted by Crippen LogP contribution is 2.23. The molecule has 1 fully saturated rings. The molecule has 0 bridgehead atoms. The zero-order valence-electron chi connectivity index (χ0n) is 17.3. The molecule has 0 aromatic heterocycles. The Balaban J connectivity index is 1.46. The smallest absolute Gasteiger partial charge is 0.0948 e. The van der Waals surface area contributed by atoms with Gasteiger partial charge in [0.05, 0.1) is 38.6 Å². The van der Waals surface area contributed by atoms with Gasteiger partial charge in [-0.3, -0.25) is 0 Å². The molecule has 0 heterocycles. The van der Waals surface area contributed by atoms with Crippen molar-refractivity contribution < 1.29 is 14.6 Å². The first-order chi connectivity index (χ1) is 14.3. The van der Waals surface area contributed by atoms with Crippen LogP contribution in [0.2, 0.25) is 0 Å². The van der Waals surface area contributed by atoms with Crippen LogP contribution in [0.25, 0.3) is 0 Å². The summed E-state index contributed by atoms with van der Waals surface area (Å²) >= 11 is 0. The Bertz CT molecular complexity index is 658. The molecule has 2 aromatic rings. The van der Waals surface area contributed by atoms with Crippen molar-refractivity contribution in [1.29, 1.82) is 0 Å². The van der Waals surface area contributed by atoms with Gasteiger partial charge in [0.2, 0.25) is 0 Å². The van der Waals surface area contributed by atoms with E-state index in [9.17, 15) is 5.11 Å². The number of hydrogen-bond acceptors (Lipinski definition) is 4. The molecule has 2 aromatic carbocycles. The van der Waals surface area contributed by atoms with E-state index in [1.807, 2.05) is 48.5 Å². The van der Waals surface area contributed by atoms with Crippen molar-refractivity contribution in [2.75, 3.05) is 19.8 Å². The molecule has 1 saturated carbocycles. The highest BCUT2D eigenvalue weighted by Gasteiger charge is 2.22. The van der Waals surface area contributed by atoms with E-state index in [1.54, 1.807) is 0 Å². The SMILES string of the molecule is O[C@@H](COCc1ccccc1)[C@@H](COCc1ccccc1)NCC1CCCCC1. The van der Waals surface area contributed by atoms with E-state index in [0.29, 0.717) is 32.3 Å². The lowest BCUT2D eigenvalue weighted by atomic mass is 9.89. The first kappa shape index (κ1) is 22.0. The summed E-state index contributed by atoms with van der Waals surface area (Å²) in [5.41, 5.74) is 2.26. The van der Waals surface area contributed by atoms with Gasteiger partial charge in [-0.05, 0) is 36.4 Å². The summed E-state index contributed by atoms with van der Waals surface area (Å²) in [6.07, 6.45) is 5.97. The largest absolute Gasteiger partial charge is 0.389 e. The molecule has 0 unspecified atom stereocenters. The van der Waals surface area contributed by atoms with Crippen LogP contribution in [0.1, 0.15) is 43.2 Å². The highest BCUT2D eigenvalue weighted by molar-refractivity contribution is 5.14. The molecule has 1 aliphatic carbocycles. The molecule has 0 radical (unpaired) electrons. The summed E-state index contributed by atoms with van der Waals surface area (Å²) in [6, 6.07) is 20.1. The number of aliphatic hydroxyl groups excluding tert-OH is 1. The van der Waals surface area contributed by atoms with Gasteiger partial charge >= 0.3 is 0 Å². The molecule has 2 N–H and O–H groups in total. The molecule has 4 nitrogen and oxygen atoms in total. The van der Waals surface area contributed by atoms with Gasteiger partial charge in [0, 0.05) is 0 Å². The van der Waals surface area contributed by atoms with E-state index >= 15 is 0 Å². The Morgan fingerprint density at radius 3 is 1.93 bits per heavy atom. The minimum Gasteiger partial charge on any atom is -0.389 e. The van der Waals surface area contributed by atoms with Gasteiger partial charge < -0.3 is 19.9 Å². The number of hydrogen-bond donors (Lipinski definition) is 2. The summed E-state index contributed by atoms with van der Waals surface area (Å²) in [5, 5.41) is 14.3. The van der Waals surface area contributed by atoms with E-state index in [2.05, 4.69) is 17.4 Å². The predicted octanol–water partition coefficient (Wildman–Crippen LogP) is 4.32. The van der Waals surface area contributed by atoms with E-state index in [1.165, 1.54) is 32.1 Å². The Labute approximate surface area is 175 Å². The predicted molar refractivity (Wildman–Crippen MR) is 117 cm³/mol. The van der Waals surface area contributed by atoms with E-state index in [-0.39, 0.29) is 6.04 Å². The van der Waals surface area contributed by atoms with Crippen LogP contribution in [0.5, 0.6) is 0 Å². The maximum atomic E-state index is 10.7. The lowest BCUT2D eigenvalue weighted by Crippen LogP contribution is -2.47. The van der Waals surface area contributed by atoms with Crippen LogP contribution >= 0.6 is 0 Å². The fraction of sp³-hybridized carbons (Fsp3) is 0.520. The molecule has 0 saturated heterocycles. The van der Waals surface area contributed by atoms with E-state index in [0.717, 1.165) is 17.7 Å². The summed E-state index contributed by atoms with van der Waals surface area (Å²) in [4.78, 5) is 0. The van der Waals surface area contributed by atoms with Gasteiger partial charge in [0.25, 0.3) is 0 Å². The van der Waals surface area contributed by atoms with Gasteiger partial charge in [-0.15, -0.1) is 0 Å². The van der Waals surface area contributed by atoms with Gasteiger partial charge in [0.1, 0.15) is 0 Å². The van der Waals surface area contributed by atoms with E-state index < -0.39 is 6.10 Å². The second-order valence-corrected chi connectivity index (χ2v) is 8.09. The van der Waals surface area contributed by atoms with Crippen molar-refractivity contribution in [1.82, 2.24) is 5.32 Å². The van der Waals surface area contributed by atoms with Crippen LogP contribution < -0.4 is 5.32 Å². The highest BCUT2D eigenvalue weighted by atomic mass is 16.5. The molecule has 29 heavy (non-hydrogen) atoms. The third-order valence-corrected chi connectivity index (χ3v) is 5.67. The monoisotopic (exact) mass is 397 g/mol. The van der Waals surface area contributed by atoms with Crippen molar-refractivity contribution in [3.8, 4) is 0 Å². The van der Waals surface area contributed by atoms with Gasteiger partial charge in [-0.2, -0.15) is 0 Å². The molecular formula is C25H35NO3. The topological polar surface area (TPSA) is 50.7 Å². The molecule has 0 spiro atoms. The first-order valence-corrected chi connectivity index (χ1v) is 11.0. The van der Waals surface area contributed by atoms with Crippen LogP contribution in [-0.2, 0) is 22.7 Å². The van der Waals surface area contributed by atoms with Crippen LogP contribution in [0.4, 0.5) is 0 Å². The fourth-order valence-corrected chi connectivity index (χ4v) is 3.88. The normalized spacial score (nSPS) is 17.1. The lowest BCUT2D eigenvalue weighted by molar-refractivity contribution is -0.0174.